The minimum atomic E-state index is -0.216. The Balaban J connectivity index is 2.84. The van der Waals surface area contributed by atoms with E-state index in [2.05, 4.69) is 6.92 Å². The zero-order chi connectivity index (χ0) is 11.3. The highest BCUT2D eigenvalue weighted by Crippen LogP contribution is 2.18. The lowest BCUT2D eigenvalue weighted by atomic mass is 9.97. The second kappa shape index (κ2) is 5.86. The highest BCUT2D eigenvalue weighted by Gasteiger charge is 2.07. The maximum Gasteiger partial charge on any atom is 0.123 e. The number of halogens is 1. The van der Waals surface area contributed by atoms with Gasteiger partial charge in [0.05, 0.1) is 6.61 Å². The van der Waals surface area contributed by atoms with Crippen LogP contribution in [0.5, 0.6) is 0 Å². The number of rotatable bonds is 5. The molecule has 0 saturated carbocycles. The van der Waals surface area contributed by atoms with E-state index in [-0.39, 0.29) is 12.4 Å². The molecule has 0 aromatic heterocycles. The van der Waals surface area contributed by atoms with Crippen molar-refractivity contribution in [3.8, 4) is 0 Å². The zero-order valence-corrected chi connectivity index (χ0v) is 9.39. The summed E-state index contributed by atoms with van der Waals surface area (Å²) in [4.78, 5) is 0. The summed E-state index contributed by atoms with van der Waals surface area (Å²) in [6.07, 6.45) is 3.08. The molecule has 0 aliphatic carbocycles. The molecule has 1 aromatic rings. The van der Waals surface area contributed by atoms with Crippen molar-refractivity contribution in [3.05, 3.63) is 41.1 Å². The molecular weight excluding hydrogens is 191 g/mol. The second-order valence-corrected chi connectivity index (χ2v) is 3.89. The topological polar surface area (TPSA) is 20.2 Å². The van der Waals surface area contributed by atoms with Crippen LogP contribution < -0.4 is 0 Å². The van der Waals surface area contributed by atoms with E-state index in [1.807, 2.05) is 13.0 Å². The monoisotopic (exact) mass is 209 g/mol. The molecule has 0 heterocycles. The average molecular weight is 209 g/mol. The van der Waals surface area contributed by atoms with Gasteiger partial charge in [-0.3, -0.25) is 0 Å². The van der Waals surface area contributed by atoms with Gasteiger partial charge in [0.1, 0.15) is 5.82 Å². The Bertz CT molecular complexity index is 309. The van der Waals surface area contributed by atoms with E-state index in [1.165, 1.54) is 6.07 Å². The Labute approximate surface area is 90.9 Å². The van der Waals surface area contributed by atoms with Crippen LogP contribution in [0, 0.1) is 11.7 Å². The highest BCUT2D eigenvalue weighted by molar-refractivity contribution is 5.34. The minimum Gasteiger partial charge on any atom is -0.395 e. The SMILES string of the molecule is CCCCc1cc(F)cc([C](C)CO)c1. The van der Waals surface area contributed by atoms with E-state index in [0.717, 1.165) is 36.3 Å². The molecule has 0 amide bonds. The van der Waals surface area contributed by atoms with Gasteiger partial charge in [0, 0.05) is 5.92 Å². The van der Waals surface area contributed by atoms with Crippen LogP contribution in [0.3, 0.4) is 0 Å². The van der Waals surface area contributed by atoms with Gasteiger partial charge in [0.2, 0.25) is 0 Å². The van der Waals surface area contributed by atoms with E-state index < -0.39 is 0 Å². The Kier molecular flexibility index (Phi) is 4.76. The first-order chi connectivity index (χ1) is 7.17. The second-order valence-electron chi connectivity index (χ2n) is 3.89. The molecule has 1 nitrogen and oxygen atoms in total. The summed E-state index contributed by atoms with van der Waals surface area (Å²) in [5.74, 6) is 0.596. The van der Waals surface area contributed by atoms with Crippen molar-refractivity contribution in [2.45, 2.75) is 33.1 Å². The molecule has 83 valence electrons. The van der Waals surface area contributed by atoms with Crippen molar-refractivity contribution in [1.82, 2.24) is 0 Å². The first kappa shape index (κ1) is 12.2. The van der Waals surface area contributed by atoms with Crippen LogP contribution in [0.1, 0.15) is 37.8 Å². The number of unbranched alkanes of at least 4 members (excludes halogenated alkanes) is 1. The summed E-state index contributed by atoms with van der Waals surface area (Å²) >= 11 is 0. The molecule has 1 N–H and O–H groups in total. The van der Waals surface area contributed by atoms with Gasteiger partial charge in [-0.1, -0.05) is 26.3 Å². The summed E-state index contributed by atoms with van der Waals surface area (Å²) in [6, 6.07) is 5.01. The third-order valence-electron chi connectivity index (χ3n) is 2.51. The van der Waals surface area contributed by atoms with Crippen LogP contribution in [-0.4, -0.2) is 11.7 Å². The normalized spacial score (nSPS) is 11.0. The smallest absolute Gasteiger partial charge is 0.123 e. The van der Waals surface area contributed by atoms with Crippen LogP contribution in [-0.2, 0) is 6.42 Å². The Morgan fingerprint density at radius 2 is 2.07 bits per heavy atom. The molecule has 0 fully saturated rings. The van der Waals surface area contributed by atoms with E-state index in [1.54, 1.807) is 6.07 Å². The summed E-state index contributed by atoms with van der Waals surface area (Å²) in [5, 5.41) is 8.99. The molecule has 15 heavy (non-hydrogen) atoms. The lowest BCUT2D eigenvalue weighted by Gasteiger charge is -2.10. The highest BCUT2D eigenvalue weighted by atomic mass is 19.1. The number of benzene rings is 1. The molecule has 1 radical (unpaired) electrons. The molecule has 0 bridgehead atoms. The Hall–Kier alpha value is -0.890. The van der Waals surface area contributed by atoms with Gasteiger partial charge >= 0.3 is 0 Å². The first-order valence-corrected chi connectivity index (χ1v) is 5.40. The third-order valence-corrected chi connectivity index (χ3v) is 2.51. The molecule has 1 aromatic carbocycles. The molecule has 0 aliphatic heterocycles. The van der Waals surface area contributed by atoms with Crippen molar-refractivity contribution in [2.75, 3.05) is 6.61 Å². The van der Waals surface area contributed by atoms with Crippen LogP contribution >= 0.6 is 0 Å². The van der Waals surface area contributed by atoms with Gasteiger partial charge in [0.15, 0.2) is 0 Å². The summed E-state index contributed by atoms with van der Waals surface area (Å²) < 4.78 is 13.3. The predicted molar refractivity (Wildman–Crippen MR) is 60.1 cm³/mol. The zero-order valence-electron chi connectivity index (χ0n) is 9.39. The summed E-state index contributed by atoms with van der Waals surface area (Å²) in [5.41, 5.74) is 1.82. The first-order valence-electron chi connectivity index (χ1n) is 5.40. The number of aliphatic hydroxyl groups is 1. The molecule has 0 spiro atoms. The van der Waals surface area contributed by atoms with Gasteiger partial charge in [-0.25, -0.2) is 4.39 Å². The van der Waals surface area contributed by atoms with E-state index in [9.17, 15) is 4.39 Å². The fourth-order valence-corrected chi connectivity index (χ4v) is 1.51. The van der Waals surface area contributed by atoms with Crippen molar-refractivity contribution < 1.29 is 9.50 Å². The van der Waals surface area contributed by atoms with Crippen molar-refractivity contribution in [2.24, 2.45) is 0 Å². The van der Waals surface area contributed by atoms with Crippen molar-refractivity contribution in [1.29, 1.82) is 0 Å². The van der Waals surface area contributed by atoms with Crippen LogP contribution in [0.4, 0.5) is 4.39 Å². The predicted octanol–water partition coefficient (Wildman–Crippen LogP) is 3.10. The van der Waals surface area contributed by atoms with Crippen molar-refractivity contribution >= 4 is 0 Å². The Morgan fingerprint density at radius 1 is 1.33 bits per heavy atom. The largest absolute Gasteiger partial charge is 0.395 e. The van der Waals surface area contributed by atoms with Crippen LogP contribution in [0.25, 0.3) is 0 Å². The van der Waals surface area contributed by atoms with Gasteiger partial charge in [-0.05, 0) is 36.1 Å². The van der Waals surface area contributed by atoms with Crippen LogP contribution in [0.15, 0.2) is 18.2 Å². The molecule has 1 rings (SSSR count). The van der Waals surface area contributed by atoms with Gasteiger partial charge < -0.3 is 5.11 Å². The molecule has 0 aliphatic rings. The lowest BCUT2D eigenvalue weighted by molar-refractivity contribution is 0.315. The van der Waals surface area contributed by atoms with Gasteiger partial charge in [-0.15, -0.1) is 0 Å². The molecule has 0 saturated heterocycles. The van der Waals surface area contributed by atoms with Crippen molar-refractivity contribution in [3.63, 3.8) is 0 Å². The maximum absolute atomic E-state index is 13.3. The van der Waals surface area contributed by atoms with E-state index in [4.69, 9.17) is 5.11 Å². The van der Waals surface area contributed by atoms with Gasteiger partial charge in [0.25, 0.3) is 0 Å². The molecule has 0 atom stereocenters. The van der Waals surface area contributed by atoms with Gasteiger partial charge in [-0.2, -0.15) is 0 Å². The summed E-state index contributed by atoms with van der Waals surface area (Å²) in [7, 11) is 0. The molecule has 2 heteroatoms. The van der Waals surface area contributed by atoms with E-state index >= 15 is 0 Å². The van der Waals surface area contributed by atoms with E-state index in [0.29, 0.717) is 0 Å². The molecule has 0 unspecified atom stereocenters. The lowest BCUT2D eigenvalue weighted by Crippen LogP contribution is -2.02. The third kappa shape index (κ3) is 3.63. The standard InChI is InChI=1S/C13H18FO/c1-3-4-5-11-6-12(10(2)9-15)8-13(14)7-11/h6-8,15H,3-5,9H2,1-2H3. The van der Waals surface area contributed by atoms with Crippen LogP contribution in [0.2, 0.25) is 0 Å². The maximum atomic E-state index is 13.3. The minimum absolute atomic E-state index is 0.0172. The number of hydrogen-bond acceptors (Lipinski definition) is 1. The fraction of sp³-hybridized carbons (Fsp3) is 0.462. The summed E-state index contributed by atoms with van der Waals surface area (Å²) in [6.45, 7) is 3.92. The number of hydrogen-bond donors (Lipinski definition) is 1. The molecular formula is C13H18FO. The Morgan fingerprint density at radius 3 is 2.67 bits per heavy atom. The fourth-order valence-electron chi connectivity index (χ4n) is 1.51. The number of aliphatic hydroxyl groups excluding tert-OH is 1. The average Bonchev–Trinajstić information content (AvgIpc) is 2.24. The number of aryl methyl sites for hydroxylation is 1. The quantitative estimate of drug-likeness (QED) is 0.790.